The summed E-state index contributed by atoms with van der Waals surface area (Å²) in [5.74, 6) is 0.989. The molecule has 0 aliphatic heterocycles. The van der Waals surface area contributed by atoms with Gasteiger partial charge in [0, 0.05) is 6.54 Å². The predicted octanol–water partition coefficient (Wildman–Crippen LogP) is 3.50. The van der Waals surface area contributed by atoms with Gasteiger partial charge >= 0.3 is 0 Å². The predicted molar refractivity (Wildman–Crippen MR) is 63.0 cm³/mol. The Labute approximate surface area is 93.9 Å². The summed E-state index contributed by atoms with van der Waals surface area (Å²) in [6.07, 6.45) is 1.71. The van der Waals surface area contributed by atoms with Gasteiger partial charge < -0.3 is 9.73 Å². The van der Waals surface area contributed by atoms with E-state index in [1.807, 2.05) is 12.1 Å². The van der Waals surface area contributed by atoms with Gasteiger partial charge in [-0.05, 0) is 47.9 Å². The van der Waals surface area contributed by atoms with Crippen LogP contribution in [0.25, 0.3) is 0 Å². The summed E-state index contributed by atoms with van der Waals surface area (Å²) in [6.45, 7) is 5.16. The van der Waals surface area contributed by atoms with Crippen molar-refractivity contribution in [2.75, 3.05) is 0 Å². The lowest BCUT2D eigenvalue weighted by atomic mass is 10.2. The van der Waals surface area contributed by atoms with Crippen LogP contribution in [0.3, 0.4) is 0 Å². The summed E-state index contributed by atoms with van der Waals surface area (Å²) in [4.78, 5) is 0. The summed E-state index contributed by atoms with van der Waals surface area (Å²) in [5.41, 5.74) is 2.73. The van der Waals surface area contributed by atoms with Crippen LogP contribution in [0.4, 0.5) is 0 Å². The van der Waals surface area contributed by atoms with Crippen LogP contribution in [0, 0.1) is 6.92 Å². The minimum Gasteiger partial charge on any atom is -0.468 e. The number of furan rings is 1. The van der Waals surface area contributed by atoms with E-state index in [-0.39, 0.29) is 6.04 Å². The highest BCUT2D eigenvalue weighted by Gasteiger charge is 2.07. The maximum Gasteiger partial charge on any atom is 0.120 e. The van der Waals surface area contributed by atoms with E-state index in [1.165, 1.54) is 11.1 Å². The van der Waals surface area contributed by atoms with E-state index in [4.69, 9.17) is 4.42 Å². The molecule has 0 aliphatic rings. The van der Waals surface area contributed by atoms with E-state index < -0.39 is 0 Å². The number of hydrogen-bond donors (Lipinski definition) is 1. The topological polar surface area (TPSA) is 25.2 Å². The lowest BCUT2D eigenvalue weighted by Gasteiger charge is -2.10. The molecule has 1 unspecified atom stereocenters. The molecule has 2 aromatic heterocycles. The molecule has 2 aromatic rings. The second kappa shape index (κ2) is 4.64. The molecule has 15 heavy (non-hydrogen) atoms. The average molecular weight is 221 g/mol. The molecule has 2 rings (SSSR count). The highest BCUT2D eigenvalue weighted by atomic mass is 32.1. The Hall–Kier alpha value is -1.06. The molecule has 0 bridgehead atoms. The van der Waals surface area contributed by atoms with Crippen molar-refractivity contribution in [3.05, 3.63) is 46.0 Å². The van der Waals surface area contributed by atoms with Gasteiger partial charge in [-0.1, -0.05) is 0 Å². The Morgan fingerprint density at radius 3 is 2.93 bits per heavy atom. The third-order valence-corrected chi connectivity index (χ3v) is 3.44. The Morgan fingerprint density at radius 2 is 2.33 bits per heavy atom. The zero-order valence-corrected chi connectivity index (χ0v) is 9.80. The molecule has 0 radical (unpaired) electrons. The van der Waals surface area contributed by atoms with Gasteiger partial charge in [-0.25, -0.2) is 0 Å². The lowest BCUT2D eigenvalue weighted by molar-refractivity contribution is 0.430. The Kier molecular flexibility index (Phi) is 3.23. The zero-order valence-electron chi connectivity index (χ0n) is 8.99. The second-order valence-corrected chi connectivity index (χ2v) is 4.44. The molecule has 0 amide bonds. The molecule has 2 heterocycles. The average Bonchev–Trinajstić information content (AvgIpc) is 2.85. The summed E-state index contributed by atoms with van der Waals surface area (Å²) < 4.78 is 5.34. The molecule has 0 fully saturated rings. The lowest BCUT2D eigenvalue weighted by Crippen LogP contribution is -2.17. The number of rotatable bonds is 4. The molecule has 3 heteroatoms. The molecule has 2 nitrogen and oxygen atoms in total. The van der Waals surface area contributed by atoms with Crippen molar-refractivity contribution in [2.24, 2.45) is 0 Å². The van der Waals surface area contributed by atoms with Crippen molar-refractivity contribution >= 4 is 11.3 Å². The van der Waals surface area contributed by atoms with E-state index in [0.717, 1.165) is 12.3 Å². The van der Waals surface area contributed by atoms with Crippen LogP contribution in [0.5, 0.6) is 0 Å². The molecule has 0 aromatic carbocycles. The highest BCUT2D eigenvalue weighted by molar-refractivity contribution is 7.08. The minimum absolute atomic E-state index is 0.263. The van der Waals surface area contributed by atoms with E-state index in [1.54, 1.807) is 17.6 Å². The van der Waals surface area contributed by atoms with Crippen molar-refractivity contribution in [3.8, 4) is 0 Å². The Morgan fingerprint density at radius 1 is 1.47 bits per heavy atom. The number of thiophene rings is 1. The van der Waals surface area contributed by atoms with Gasteiger partial charge in [0.1, 0.15) is 5.76 Å². The standard InChI is InChI=1S/C12H15NOS/c1-9-7-15-8-11(9)6-13-10(2)12-4-3-5-14-12/h3-5,7-8,10,13H,6H2,1-2H3. The van der Waals surface area contributed by atoms with Gasteiger partial charge in [0.05, 0.1) is 12.3 Å². The largest absolute Gasteiger partial charge is 0.468 e. The fraction of sp³-hybridized carbons (Fsp3) is 0.333. The van der Waals surface area contributed by atoms with Gasteiger partial charge in [0.15, 0.2) is 0 Å². The maximum absolute atomic E-state index is 5.34. The van der Waals surface area contributed by atoms with E-state index in [0.29, 0.717) is 0 Å². The van der Waals surface area contributed by atoms with Gasteiger partial charge in [-0.15, -0.1) is 0 Å². The molecule has 0 saturated carbocycles. The van der Waals surface area contributed by atoms with Crippen molar-refractivity contribution in [1.29, 1.82) is 0 Å². The highest BCUT2D eigenvalue weighted by Crippen LogP contribution is 2.16. The van der Waals surface area contributed by atoms with Crippen LogP contribution in [0.1, 0.15) is 29.9 Å². The van der Waals surface area contributed by atoms with Gasteiger partial charge in [-0.2, -0.15) is 11.3 Å². The molecule has 0 saturated heterocycles. The third kappa shape index (κ3) is 2.49. The maximum atomic E-state index is 5.34. The molecule has 1 atom stereocenters. The molecule has 1 N–H and O–H groups in total. The molecule has 0 spiro atoms. The quantitative estimate of drug-likeness (QED) is 0.854. The minimum atomic E-state index is 0.263. The van der Waals surface area contributed by atoms with Gasteiger partial charge in [0.2, 0.25) is 0 Å². The van der Waals surface area contributed by atoms with Gasteiger partial charge in [0.25, 0.3) is 0 Å². The SMILES string of the molecule is Cc1cscc1CNC(C)c1ccco1. The van der Waals surface area contributed by atoms with Crippen LogP contribution < -0.4 is 5.32 Å². The summed E-state index contributed by atoms with van der Waals surface area (Å²) in [6, 6.07) is 4.18. The summed E-state index contributed by atoms with van der Waals surface area (Å²) in [5, 5.41) is 7.81. The van der Waals surface area contributed by atoms with Crippen molar-refractivity contribution in [1.82, 2.24) is 5.32 Å². The first-order valence-corrected chi connectivity index (χ1v) is 6.00. The summed E-state index contributed by atoms with van der Waals surface area (Å²) in [7, 11) is 0. The van der Waals surface area contributed by atoms with Gasteiger partial charge in [-0.3, -0.25) is 0 Å². The smallest absolute Gasteiger partial charge is 0.120 e. The van der Waals surface area contributed by atoms with Crippen LogP contribution in [-0.2, 0) is 6.54 Å². The van der Waals surface area contributed by atoms with E-state index in [2.05, 4.69) is 29.9 Å². The van der Waals surface area contributed by atoms with Crippen molar-refractivity contribution in [3.63, 3.8) is 0 Å². The first-order chi connectivity index (χ1) is 7.27. The van der Waals surface area contributed by atoms with Crippen molar-refractivity contribution < 1.29 is 4.42 Å². The van der Waals surface area contributed by atoms with Crippen LogP contribution in [0.2, 0.25) is 0 Å². The normalized spacial score (nSPS) is 12.9. The Balaban J connectivity index is 1.91. The van der Waals surface area contributed by atoms with Crippen LogP contribution in [0.15, 0.2) is 33.6 Å². The number of hydrogen-bond acceptors (Lipinski definition) is 3. The monoisotopic (exact) mass is 221 g/mol. The molecular formula is C12H15NOS. The fourth-order valence-corrected chi connectivity index (χ4v) is 2.33. The first kappa shape index (κ1) is 10.5. The second-order valence-electron chi connectivity index (χ2n) is 3.70. The first-order valence-electron chi connectivity index (χ1n) is 5.06. The molecular weight excluding hydrogens is 206 g/mol. The van der Waals surface area contributed by atoms with Crippen molar-refractivity contribution in [2.45, 2.75) is 26.4 Å². The Bertz CT molecular complexity index is 405. The van der Waals surface area contributed by atoms with Crippen LogP contribution in [-0.4, -0.2) is 0 Å². The van der Waals surface area contributed by atoms with E-state index in [9.17, 15) is 0 Å². The van der Waals surface area contributed by atoms with Crippen LogP contribution >= 0.6 is 11.3 Å². The zero-order chi connectivity index (χ0) is 10.7. The number of nitrogens with one attached hydrogen (secondary N) is 1. The molecule has 0 aliphatic carbocycles. The van der Waals surface area contributed by atoms with E-state index >= 15 is 0 Å². The summed E-state index contributed by atoms with van der Waals surface area (Å²) >= 11 is 1.75. The third-order valence-electron chi connectivity index (χ3n) is 2.53. The molecule has 80 valence electrons. The fourth-order valence-electron chi connectivity index (χ4n) is 1.47. The number of aryl methyl sites for hydroxylation is 1.